The number of benzene rings is 1. The van der Waals surface area contributed by atoms with Gasteiger partial charge in [-0.2, -0.15) is 0 Å². The van der Waals surface area contributed by atoms with E-state index in [4.69, 9.17) is 4.74 Å². The molecule has 2 atom stereocenters. The summed E-state index contributed by atoms with van der Waals surface area (Å²) in [6.45, 7) is -0.533. The molecule has 1 aliphatic carbocycles. The first-order valence-corrected chi connectivity index (χ1v) is 9.08. The van der Waals surface area contributed by atoms with Gasteiger partial charge < -0.3 is 15.0 Å². The van der Waals surface area contributed by atoms with Crippen LogP contribution in [-0.2, 0) is 19.2 Å². The van der Waals surface area contributed by atoms with Gasteiger partial charge in [0.15, 0.2) is 0 Å². The number of likely N-dealkylation sites (N-methyl/N-ethyl adjacent to an activating group) is 1. The standard InChI is InChI=1S/C20H23N3O5/c1-22(11-17(24)21-13-6-5-7-14(10-13)28-2)18(25)12-23-19(26)15-8-3-4-9-16(15)20(23)27/h3-7,10,15-16H,8-9,11-12H2,1-2H3,(H,21,24)/t15-,16-/m0/s1. The predicted molar refractivity (Wildman–Crippen MR) is 101 cm³/mol. The minimum atomic E-state index is -0.464. The number of anilines is 1. The quantitative estimate of drug-likeness (QED) is 0.583. The van der Waals surface area contributed by atoms with E-state index in [-0.39, 0.29) is 42.6 Å². The summed E-state index contributed by atoms with van der Waals surface area (Å²) in [6, 6.07) is 6.86. The average molecular weight is 385 g/mol. The minimum Gasteiger partial charge on any atom is -0.497 e. The molecule has 1 N–H and O–H groups in total. The van der Waals surface area contributed by atoms with Crippen LogP contribution in [0.5, 0.6) is 5.75 Å². The number of carbonyl (C=O) groups is 4. The fraction of sp³-hybridized carbons (Fsp3) is 0.400. The van der Waals surface area contributed by atoms with Crippen molar-refractivity contribution in [3.63, 3.8) is 0 Å². The van der Waals surface area contributed by atoms with Crippen molar-refractivity contribution in [1.82, 2.24) is 9.80 Å². The van der Waals surface area contributed by atoms with Crippen molar-refractivity contribution in [3.05, 3.63) is 36.4 Å². The number of hydrogen-bond donors (Lipinski definition) is 1. The summed E-state index contributed by atoms with van der Waals surface area (Å²) in [6.07, 6.45) is 4.84. The number of rotatable bonds is 6. The number of fused-ring (bicyclic) bond motifs is 1. The molecule has 148 valence electrons. The van der Waals surface area contributed by atoms with Gasteiger partial charge in [-0.25, -0.2) is 0 Å². The summed E-state index contributed by atoms with van der Waals surface area (Å²) in [5.41, 5.74) is 0.548. The van der Waals surface area contributed by atoms with E-state index >= 15 is 0 Å². The second-order valence-electron chi connectivity index (χ2n) is 6.95. The number of amides is 4. The van der Waals surface area contributed by atoms with Gasteiger partial charge in [0, 0.05) is 18.8 Å². The largest absolute Gasteiger partial charge is 0.497 e. The third-order valence-electron chi connectivity index (χ3n) is 5.05. The summed E-state index contributed by atoms with van der Waals surface area (Å²) in [4.78, 5) is 51.8. The zero-order valence-corrected chi connectivity index (χ0v) is 15.9. The van der Waals surface area contributed by atoms with Gasteiger partial charge in [0.25, 0.3) is 0 Å². The smallest absolute Gasteiger partial charge is 0.243 e. The lowest BCUT2D eigenvalue weighted by Crippen LogP contribution is -2.44. The van der Waals surface area contributed by atoms with Gasteiger partial charge in [-0.3, -0.25) is 24.1 Å². The van der Waals surface area contributed by atoms with Crippen molar-refractivity contribution >= 4 is 29.3 Å². The van der Waals surface area contributed by atoms with E-state index in [2.05, 4.69) is 5.32 Å². The molecule has 4 amide bonds. The first kappa shape index (κ1) is 19.6. The first-order valence-electron chi connectivity index (χ1n) is 9.08. The molecule has 2 aliphatic rings. The van der Waals surface area contributed by atoms with Crippen LogP contribution in [0.4, 0.5) is 5.69 Å². The van der Waals surface area contributed by atoms with Gasteiger partial charge in [0.2, 0.25) is 23.6 Å². The molecular weight excluding hydrogens is 362 g/mol. The van der Waals surface area contributed by atoms with Crippen molar-refractivity contribution < 1.29 is 23.9 Å². The van der Waals surface area contributed by atoms with Gasteiger partial charge >= 0.3 is 0 Å². The summed E-state index contributed by atoms with van der Waals surface area (Å²) < 4.78 is 5.10. The maximum Gasteiger partial charge on any atom is 0.243 e. The van der Waals surface area contributed by atoms with Crippen molar-refractivity contribution in [2.75, 3.05) is 32.6 Å². The molecular formula is C20H23N3O5. The summed E-state index contributed by atoms with van der Waals surface area (Å²) in [5, 5.41) is 2.69. The van der Waals surface area contributed by atoms with Gasteiger partial charge in [0.05, 0.1) is 25.5 Å². The number of ether oxygens (including phenoxy) is 1. The third-order valence-corrected chi connectivity index (χ3v) is 5.05. The number of allylic oxidation sites excluding steroid dienone is 2. The average Bonchev–Trinajstić information content (AvgIpc) is 2.93. The molecule has 0 spiro atoms. The number of carbonyl (C=O) groups excluding carboxylic acids is 4. The van der Waals surface area contributed by atoms with Crippen LogP contribution in [0.3, 0.4) is 0 Å². The van der Waals surface area contributed by atoms with E-state index in [0.29, 0.717) is 24.3 Å². The van der Waals surface area contributed by atoms with E-state index in [9.17, 15) is 19.2 Å². The molecule has 8 nitrogen and oxygen atoms in total. The van der Waals surface area contributed by atoms with Crippen LogP contribution < -0.4 is 10.1 Å². The number of nitrogens with zero attached hydrogens (tertiary/aromatic N) is 2. The summed E-state index contributed by atoms with van der Waals surface area (Å²) in [5.74, 6) is -1.60. The Morgan fingerprint density at radius 3 is 2.43 bits per heavy atom. The molecule has 8 heteroatoms. The number of imide groups is 1. The molecule has 1 saturated heterocycles. The lowest BCUT2D eigenvalue weighted by Gasteiger charge is -2.20. The van der Waals surface area contributed by atoms with Crippen LogP contribution in [0.15, 0.2) is 36.4 Å². The highest BCUT2D eigenvalue weighted by atomic mass is 16.5. The molecule has 1 fully saturated rings. The van der Waals surface area contributed by atoms with Crippen molar-refractivity contribution in [2.24, 2.45) is 11.8 Å². The Kier molecular flexibility index (Phi) is 5.77. The highest BCUT2D eigenvalue weighted by Gasteiger charge is 2.47. The summed E-state index contributed by atoms with van der Waals surface area (Å²) >= 11 is 0. The van der Waals surface area contributed by atoms with Crippen LogP contribution >= 0.6 is 0 Å². The molecule has 1 aromatic rings. The minimum absolute atomic E-state index is 0.194. The molecule has 1 heterocycles. The zero-order chi connectivity index (χ0) is 20.3. The van der Waals surface area contributed by atoms with Crippen LogP contribution in [-0.4, -0.2) is 60.7 Å². The Morgan fingerprint density at radius 1 is 1.18 bits per heavy atom. The topological polar surface area (TPSA) is 96.0 Å². The van der Waals surface area contributed by atoms with Crippen molar-refractivity contribution in [3.8, 4) is 5.75 Å². The van der Waals surface area contributed by atoms with Gasteiger partial charge in [-0.1, -0.05) is 18.2 Å². The van der Waals surface area contributed by atoms with E-state index < -0.39 is 5.91 Å². The van der Waals surface area contributed by atoms with Gasteiger partial charge in [-0.05, 0) is 25.0 Å². The molecule has 0 radical (unpaired) electrons. The lowest BCUT2D eigenvalue weighted by atomic mass is 9.85. The molecule has 0 saturated carbocycles. The second-order valence-corrected chi connectivity index (χ2v) is 6.95. The molecule has 0 aromatic heterocycles. The van der Waals surface area contributed by atoms with Crippen LogP contribution in [0, 0.1) is 11.8 Å². The maximum atomic E-state index is 12.4. The molecule has 0 bridgehead atoms. The second kappa shape index (κ2) is 8.24. The van der Waals surface area contributed by atoms with Gasteiger partial charge in [0.1, 0.15) is 12.3 Å². The van der Waals surface area contributed by atoms with Crippen LogP contribution in [0.25, 0.3) is 0 Å². The van der Waals surface area contributed by atoms with E-state index in [1.54, 1.807) is 24.3 Å². The Hall–Kier alpha value is -3.16. The number of methoxy groups -OCH3 is 1. The fourth-order valence-electron chi connectivity index (χ4n) is 3.49. The number of likely N-dealkylation sites (tertiary alicyclic amines) is 1. The molecule has 3 rings (SSSR count). The van der Waals surface area contributed by atoms with Crippen LogP contribution in [0.2, 0.25) is 0 Å². The normalized spacial score (nSPS) is 20.7. The molecule has 1 aromatic carbocycles. The Balaban J connectivity index is 1.55. The molecule has 0 unspecified atom stereocenters. The SMILES string of the molecule is COc1cccc(NC(=O)CN(C)C(=O)CN2C(=O)[C@H]3CC=CC[C@@H]3C2=O)c1. The van der Waals surface area contributed by atoms with Crippen molar-refractivity contribution in [1.29, 1.82) is 0 Å². The highest BCUT2D eigenvalue weighted by molar-refractivity contribution is 6.07. The fourth-order valence-corrected chi connectivity index (χ4v) is 3.49. The van der Waals surface area contributed by atoms with Crippen LogP contribution in [0.1, 0.15) is 12.8 Å². The Morgan fingerprint density at radius 2 is 1.82 bits per heavy atom. The zero-order valence-electron chi connectivity index (χ0n) is 15.9. The van der Waals surface area contributed by atoms with E-state index in [1.807, 2.05) is 12.2 Å². The number of hydrogen-bond acceptors (Lipinski definition) is 5. The summed E-state index contributed by atoms with van der Waals surface area (Å²) in [7, 11) is 2.99. The predicted octanol–water partition coefficient (Wildman–Crippen LogP) is 1.04. The monoisotopic (exact) mass is 385 g/mol. The highest BCUT2D eigenvalue weighted by Crippen LogP contribution is 2.34. The first-order chi connectivity index (χ1) is 13.4. The Labute approximate surface area is 163 Å². The van der Waals surface area contributed by atoms with E-state index in [0.717, 1.165) is 4.90 Å². The Bertz CT molecular complexity index is 809. The third kappa shape index (κ3) is 4.05. The molecule has 1 aliphatic heterocycles. The lowest BCUT2D eigenvalue weighted by molar-refractivity contribution is -0.146. The van der Waals surface area contributed by atoms with Gasteiger partial charge in [-0.15, -0.1) is 0 Å². The molecule has 28 heavy (non-hydrogen) atoms. The number of nitrogens with one attached hydrogen (secondary N) is 1. The van der Waals surface area contributed by atoms with E-state index in [1.165, 1.54) is 19.1 Å². The van der Waals surface area contributed by atoms with Crippen molar-refractivity contribution in [2.45, 2.75) is 12.8 Å². The maximum absolute atomic E-state index is 12.4.